The molecule has 0 heterocycles. The molecule has 4 atom stereocenters. The van der Waals surface area contributed by atoms with E-state index in [1.807, 2.05) is 20.8 Å². The van der Waals surface area contributed by atoms with Gasteiger partial charge >= 0.3 is 0 Å². The van der Waals surface area contributed by atoms with Crippen LogP contribution in [0.3, 0.4) is 0 Å². The first-order valence-corrected chi connectivity index (χ1v) is 11.2. The molecule has 1 fully saturated rings. The quantitative estimate of drug-likeness (QED) is 0.255. The zero-order chi connectivity index (χ0) is 22.7. The van der Waals surface area contributed by atoms with Crippen molar-refractivity contribution in [1.82, 2.24) is 0 Å². The molecule has 1 aliphatic carbocycles. The molecule has 0 bridgehead atoms. The summed E-state index contributed by atoms with van der Waals surface area (Å²) in [6.07, 6.45) is -4.53. The Balaban J connectivity index is 3.05. The van der Waals surface area contributed by atoms with Crippen LogP contribution in [0.5, 0.6) is 0 Å². The van der Waals surface area contributed by atoms with Crippen LogP contribution in [-0.4, -0.2) is 73.3 Å². The summed E-state index contributed by atoms with van der Waals surface area (Å²) in [6, 6.07) is 0. The molecule has 1 rings (SSSR count). The molecule has 0 aliphatic heterocycles. The highest BCUT2D eigenvalue weighted by atomic mass is 16.6. The largest absolute Gasteiger partial charge is 0.856 e. The van der Waals surface area contributed by atoms with Crippen LogP contribution in [0.1, 0.15) is 59.3 Å². The second-order valence-electron chi connectivity index (χ2n) is 7.99. The smallest absolute Gasteiger partial charge is 0.183 e. The van der Waals surface area contributed by atoms with Crippen molar-refractivity contribution in [3.8, 4) is 0 Å². The van der Waals surface area contributed by atoms with Crippen LogP contribution in [0, 0.1) is 0 Å². The van der Waals surface area contributed by atoms with Crippen molar-refractivity contribution in [2.45, 2.75) is 115 Å². The Morgan fingerprint density at radius 2 is 0.867 bits per heavy atom. The Bertz CT molecular complexity index is 421. The van der Waals surface area contributed by atoms with Crippen LogP contribution in [0.25, 0.3) is 0 Å². The number of hydrogen-bond donors (Lipinski definition) is 3. The Kier molecular flexibility index (Phi) is 13.8. The summed E-state index contributed by atoms with van der Waals surface area (Å²) in [7, 11) is -4.53. The zero-order valence-electron chi connectivity index (χ0n) is 18.4. The third-order valence-electron chi connectivity index (χ3n) is 5.33. The lowest BCUT2D eigenvalue weighted by Crippen LogP contribution is -2.69. The van der Waals surface area contributed by atoms with E-state index in [1.54, 1.807) is 0 Å². The second-order valence-corrected chi connectivity index (χ2v) is 7.99. The fourth-order valence-corrected chi connectivity index (χ4v) is 3.48. The maximum absolute atomic E-state index is 12.3. The van der Waals surface area contributed by atoms with E-state index >= 15 is 0 Å². The molecule has 0 unspecified atom stereocenters. The summed E-state index contributed by atoms with van der Waals surface area (Å²) in [5, 5.41) is 68.0. The highest BCUT2D eigenvalue weighted by molar-refractivity contribution is 6.41. The van der Waals surface area contributed by atoms with Gasteiger partial charge in [-0.2, -0.15) is 0 Å². The normalized spacial score (nSPS) is 29.1. The van der Waals surface area contributed by atoms with Crippen molar-refractivity contribution < 1.29 is 44.4 Å². The van der Waals surface area contributed by atoms with E-state index in [1.165, 1.54) is 0 Å². The molecule has 12 heteroatoms. The Morgan fingerprint density at radius 3 is 1.17 bits per heavy atom. The highest BCUT2D eigenvalue weighted by Gasteiger charge is 2.51. The van der Waals surface area contributed by atoms with Gasteiger partial charge in [0.25, 0.3) is 0 Å². The molecule has 0 spiro atoms. The Labute approximate surface area is 181 Å². The lowest BCUT2D eigenvalue weighted by molar-refractivity contribution is -0.284. The Hall–Kier alpha value is -0.165. The lowest BCUT2D eigenvalue weighted by Gasteiger charge is -2.50. The zero-order valence-corrected chi connectivity index (χ0v) is 18.4. The maximum atomic E-state index is 12.3. The average Bonchev–Trinajstić information content (AvgIpc) is 2.73. The predicted molar refractivity (Wildman–Crippen MR) is 109 cm³/mol. The van der Waals surface area contributed by atoms with Gasteiger partial charge in [0, 0.05) is 0 Å². The first-order chi connectivity index (χ1) is 14.3. The fourth-order valence-electron chi connectivity index (χ4n) is 3.48. The predicted octanol–water partition coefficient (Wildman–Crippen LogP) is -1.82. The van der Waals surface area contributed by atoms with E-state index in [9.17, 15) is 30.4 Å². The summed E-state index contributed by atoms with van der Waals surface area (Å²) in [5.74, 6) is 0. The SMILES string of the molecule is CCCCB([O-])OC1[C@@H](OB([O-])CCCC)[C@H](O)C(O)[C@@H](O)[C@@H]1OB([O-])CCCC. The van der Waals surface area contributed by atoms with Crippen LogP contribution in [0.4, 0.5) is 0 Å². The van der Waals surface area contributed by atoms with Crippen LogP contribution in [-0.2, 0) is 14.0 Å². The molecule has 0 aromatic heterocycles. The number of hydrogen-bond acceptors (Lipinski definition) is 9. The highest BCUT2D eigenvalue weighted by Crippen LogP contribution is 2.30. The molecule has 174 valence electrons. The van der Waals surface area contributed by atoms with Gasteiger partial charge in [-0.05, 0) is 0 Å². The standard InChI is InChI=1S/C18H36B3O9/c1-4-7-10-19(25)28-16-14(23)13(22)15(24)17(29-20(26)11-8-5-2)18(16)30-21(27)12-9-6-3/h13-18,22-24H,4-12H2,1-3H3/q-3/t13?,14-,15-,16+,17+,18?/m1/s1. The number of rotatable bonds is 15. The van der Waals surface area contributed by atoms with Crippen molar-refractivity contribution in [2.75, 3.05) is 0 Å². The number of aliphatic hydroxyl groups is 3. The Morgan fingerprint density at radius 1 is 0.567 bits per heavy atom. The first-order valence-electron chi connectivity index (χ1n) is 11.2. The van der Waals surface area contributed by atoms with Gasteiger partial charge in [0.2, 0.25) is 0 Å². The first kappa shape index (κ1) is 27.9. The topological polar surface area (TPSA) is 158 Å². The molecule has 0 amide bonds. The van der Waals surface area contributed by atoms with E-state index in [0.717, 1.165) is 19.3 Å². The molecule has 0 radical (unpaired) electrons. The van der Waals surface area contributed by atoms with Gasteiger partial charge in [-0.25, -0.2) is 0 Å². The minimum atomic E-state index is -1.71. The maximum Gasteiger partial charge on any atom is 0.183 e. The van der Waals surface area contributed by atoms with E-state index in [2.05, 4.69) is 0 Å². The van der Waals surface area contributed by atoms with E-state index < -0.39 is 58.0 Å². The minimum absolute atomic E-state index is 0.175. The van der Waals surface area contributed by atoms with Crippen molar-refractivity contribution in [3.63, 3.8) is 0 Å². The summed E-state index contributed by atoms with van der Waals surface area (Å²) in [4.78, 5) is 0. The average molecular weight is 429 g/mol. The van der Waals surface area contributed by atoms with Crippen LogP contribution in [0.15, 0.2) is 0 Å². The summed E-state index contributed by atoms with van der Waals surface area (Å²) >= 11 is 0. The van der Waals surface area contributed by atoms with Gasteiger partial charge in [-0.3, -0.25) is 0 Å². The number of unbranched alkanes of at least 4 members (excludes halogenated alkanes) is 3. The molecule has 30 heavy (non-hydrogen) atoms. The molecular formula is C18H36B3O9-3. The van der Waals surface area contributed by atoms with E-state index in [0.29, 0.717) is 19.3 Å². The van der Waals surface area contributed by atoms with Gasteiger partial charge < -0.3 is 44.4 Å². The number of aliphatic hydroxyl groups excluding tert-OH is 3. The summed E-state index contributed by atoms with van der Waals surface area (Å²) in [5.41, 5.74) is 0. The molecule has 1 saturated carbocycles. The van der Waals surface area contributed by atoms with Crippen LogP contribution < -0.4 is 15.1 Å². The van der Waals surface area contributed by atoms with Crippen molar-refractivity contribution >= 4 is 21.4 Å². The summed E-state index contributed by atoms with van der Waals surface area (Å²) < 4.78 is 16.3. The molecule has 1 aliphatic rings. The van der Waals surface area contributed by atoms with Gasteiger partial charge in [0.15, 0.2) is 21.4 Å². The van der Waals surface area contributed by atoms with Gasteiger partial charge in [0.1, 0.15) is 18.3 Å². The summed E-state index contributed by atoms with van der Waals surface area (Å²) in [6.45, 7) is 5.75. The van der Waals surface area contributed by atoms with Crippen molar-refractivity contribution in [2.24, 2.45) is 0 Å². The van der Waals surface area contributed by atoms with Crippen LogP contribution in [0.2, 0.25) is 19.0 Å². The fraction of sp³-hybridized carbons (Fsp3) is 1.00. The van der Waals surface area contributed by atoms with Crippen molar-refractivity contribution in [3.05, 3.63) is 0 Å². The van der Waals surface area contributed by atoms with E-state index in [4.69, 9.17) is 14.0 Å². The third-order valence-corrected chi connectivity index (χ3v) is 5.33. The van der Waals surface area contributed by atoms with Crippen molar-refractivity contribution in [1.29, 1.82) is 0 Å². The molecule has 0 saturated heterocycles. The molecule has 3 N–H and O–H groups in total. The molecule has 0 aromatic carbocycles. The minimum Gasteiger partial charge on any atom is -0.856 e. The molecule has 0 aromatic rings. The molecular weight excluding hydrogens is 393 g/mol. The molecule has 9 nitrogen and oxygen atoms in total. The third kappa shape index (κ3) is 8.76. The van der Waals surface area contributed by atoms with E-state index in [-0.39, 0.29) is 19.0 Å². The van der Waals surface area contributed by atoms with Gasteiger partial charge in [-0.15, -0.1) is 0 Å². The van der Waals surface area contributed by atoms with Gasteiger partial charge in [0.05, 0.1) is 18.3 Å². The monoisotopic (exact) mass is 429 g/mol. The van der Waals surface area contributed by atoms with Gasteiger partial charge in [-0.1, -0.05) is 78.3 Å². The lowest BCUT2D eigenvalue weighted by atomic mass is 9.75. The second kappa shape index (κ2) is 14.8. The van der Waals surface area contributed by atoms with Crippen LogP contribution >= 0.6 is 0 Å².